The van der Waals surface area contributed by atoms with E-state index in [0.717, 1.165) is 29.2 Å². The van der Waals surface area contributed by atoms with Gasteiger partial charge in [-0.25, -0.2) is 4.98 Å². The first-order valence-electron chi connectivity index (χ1n) is 8.36. The highest BCUT2D eigenvalue weighted by molar-refractivity contribution is 5.94. The third kappa shape index (κ3) is 4.09. The molecule has 1 amide bonds. The SMILES string of the molecule is CCc1nccn1CCNC(=O)c1ccc(-c2ccc(C)nn2)cc1. The van der Waals surface area contributed by atoms with E-state index in [2.05, 4.69) is 32.0 Å². The normalized spacial score (nSPS) is 10.6. The van der Waals surface area contributed by atoms with Crippen LogP contribution in [0.4, 0.5) is 0 Å². The number of amides is 1. The second kappa shape index (κ2) is 7.70. The van der Waals surface area contributed by atoms with Gasteiger partial charge in [0.1, 0.15) is 5.82 Å². The fraction of sp³-hybridized carbons (Fsp3) is 0.263. The molecule has 0 radical (unpaired) electrons. The molecule has 25 heavy (non-hydrogen) atoms. The Morgan fingerprint density at radius 2 is 1.92 bits per heavy atom. The zero-order chi connectivity index (χ0) is 17.6. The lowest BCUT2D eigenvalue weighted by atomic mass is 10.1. The van der Waals surface area contributed by atoms with Gasteiger partial charge in [-0.15, -0.1) is 0 Å². The smallest absolute Gasteiger partial charge is 0.251 e. The molecule has 0 unspecified atom stereocenters. The van der Waals surface area contributed by atoms with Crippen molar-refractivity contribution in [3.8, 4) is 11.3 Å². The van der Waals surface area contributed by atoms with Crippen LogP contribution in [0.15, 0.2) is 48.8 Å². The number of carbonyl (C=O) groups is 1. The zero-order valence-corrected chi connectivity index (χ0v) is 14.4. The summed E-state index contributed by atoms with van der Waals surface area (Å²) in [6.07, 6.45) is 4.60. The van der Waals surface area contributed by atoms with E-state index in [1.54, 1.807) is 18.3 Å². The van der Waals surface area contributed by atoms with Crippen LogP contribution in [0.1, 0.15) is 28.8 Å². The Labute approximate surface area is 146 Å². The Balaban J connectivity index is 1.58. The maximum atomic E-state index is 12.3. The third-order valence-corrected chi connectivity index (χ3v) is 4.00. The number of hydrogen-bond donors (Lipinski definition) is 1. The van der Waals surface area contributed by atoms with Crippen molar-refractivity contribution in [2.24, 2.45) is 0 Å². The second-order valence-corrected chi connectivity index (χ2v) is 5.78. The lowest BCUT2D eigenvalue weighted by molar-refractivity contribution is 0.0952. The van der Waals surface area contributed by atoms with Gasteiger partial charge < -0.3 is 9.88 Å². The standard InChI is InChI=1S/C19H21N5O/c1-3-18-20-10-12-24(18)13-11-21-19(25)16-7-5-15(6-8-16)17-9-4-14(2)22-23-17/h4-10,12H,3,11,13H2,1-2H3,(H,21,25). The largest absolute Gasteiger partial charge is 0.350 e. The third-order valence-electron chi connectivity index (χ3n) is 4.00. The molecule has 3 aromatic rings. The summed E-state index contributed by atoms with van der Waals surface area (Å²) in [7, 11) is 0. The van der Waals surface area contributed by atoms with Crippen molar-refractivity contribution in [2.45, 2.75) is 26.8 Å². The Kier molecular flexibility index (Phi) is 5.18. The van der Waals surface area contributed by atoms with Crippen molar-refractivity contribution in [2.75, 3.05) is 6.54 Å². The van der Waals surface area contributed by atoms with Crippen LogP contribution in [-0.4, -0.2) is 32.2 Å². The molecule has 0 bridgehead atoms. The minimum atomic E-state index is -0.0836. The van der Waals surface area contributed by atoms with Crippen molar-refractivity contribution >= 4 is 5.91 Å². The molecule has 1 aromatic carbocycles. The number of aromatic nitrogens is 4. The molecule has 0 saturated heterocycles. The molecule has 0 spiro atoms. The predicted octanol–water partition coefficient (Wildman–Crippen LogP) is 2.64. The zero-order valence-electron chi connectivity index (χ0n) is 14.4. The molecular formula is C19H21N5O. The lowest BCUT2D eigenvalue weighted by Gasteiger charge is -2.08. The van der Waals surface area contributed by atoms with Crippen LogP contribution in [0.2, 0.25) is 0 Å². The molecule has 0 fully saturated rings. The van der Waals surface area contributed by atoms with Gasteiger partial charge in [-0.3, -0.25) is 4.79 Å². The van der Waals surface area contributed by atoms with Crippen molar-refractivity contribution in [1.82, 2.24) is 25.1 Å². The highest BCUT2D eigenvalue weighted by Gasteiger charge is 2.07. The summed E-state index contributed by atoms with van der Waals surface area (Å²) in [4.78, 5) is 16.5. The molecule has 1 N–H and O–H groups in total. The van der Waals surface area contributed by atoms with Gasteiger partial charge in [-0.1, -0.05) is 19.1 Å². The predicted molar refractivity (Wildman–Crippen MR) is 96.1 cm³/mol. The Bertz CT molecular complexity index is 837. The fourth-order valence-electron chi connectivity index (χ4n) is 2.60. The first-order chi connectivity index (χ1) is 12.2. The average Bonchev–Trinajstić information content (AvgIpc) is 3.10. The summed E-state index contributed by atoms with van der Waals surface area (Å²) in [5.41, 5.74) is 3.24. The van der Waals surface area contributed by atoms with Gasteiger partial charge in [0.05, 0.1) is 11.4 Å². The summed E-state index contributed by atoms with van der Waals surface area (Å²) in [5.74, 6) is 0.942. The van der Waals surface area contributed by atoms with Crippen molar-refractivity contribution in [3.05, 3.63) is 65.9 Å². The Hall–Kier alpha value is -3.02. The Morgan fingerprint density at radius 3 is 2.60 bits per heavy atom. The first-order valence-corrected chi connectivity index (χ1v) is 8.36. The van der Waals surface area contributed by atoms with Crippen LogP contribution in [-0.2, 0) is 13.0 Å². The number of carbonyl (C=O) groups excluding carboxylic acids is 1. The molecule has 6 nitrogen and oxygen atoms in total. The van der Waals surface area contributed by atoms with Crippen LogP contribution in [0.5, 0.6) is 0 Å². The quantitative estimate of drug-likeness (QED) is 0.751. The molecule has 2 aromatic heterocycles. The average molecular weight is 335 g/mol. The number of hydrogen-bond acceptors (Lipinski definition) is 4. The van der Waals surface area contributed by atoms with Gasteiger partial charge in [-0.05, 0) is 31.2 Å². The van der Waals surface area contributed by atoms with E-state index >= 15 is 0 Å². The van der Waals surface area contributed by atoms with E-state index < -0.39 is 0 Å². The van der Waals surface area contributed by atoms with Crippen LogP contribution in [0, 0.1) is 6.92 Å². The van der Waals surface area contributed by atoms with Crippen molar-refractivity contribution in [3.63, 3.8) is 0 Å². The number of nitrogens with one attached hydrogen (secondary N) is 1. The number of imidazole rings is 1. The van der Waals surface area contributed by atoms with Gasteiger partial charge in [0.25, 0.3) is 5.91 Å². The number of rotatable bonds is 6. The summed E-state index contributed by atoms with van der Waals surface area (Å²) < 4.78 is 2.05. The van der Waals surface area contributed by atoms with Gasteiger partial charge in [0.2, 0.25) is 0 Å². The van der Waals surface area contributed by atoms with E-state index in [9.17, 15) is 4.79 Å². The Morgan fingerprint density at radius 1 is 1.12 bits per heavy atom. The molecule has 0 aliphatic rings. The second-order valence-electron chi connectivity index (χ2n) is 5.78. The van der Waals surface area contributed by atoms with E-state index in [0.29, 0.717) is 18.7 Å². The molecule has 6 heteroatoms. The molecule has 3 rings (SSSR count). The number of aryl methyl sites for hydroxylation is 2. The molecule has 0 saturated carbocycles. The van der Waals surface area contributed by atoms with E-state index in [4.69, 9.17) is 0 Å². The molecule has 0 aliphatic heterocycles. The summed E-state index contributed by atoms with van der Waals surface area (Å²) >= 11 is 0. The van der Waals surface area contributed by atoms with Gasteiger partial charge >= 0.3 is 0 Å². The summed E-state index contributed by atoms with van der Waals surface area (Å²) in [6, 6.07) is 11.2. The monoisotopic (exact) mass is 335 g/mol. The van der Waals surface area contributed by atoms with Gasteiger partial charge in [0.15, 0.2) is 0 Å². The number of benzene rings is 1. The summed E-state index contributed by atoms with van der Waals surface area (Å²) in [6.45, 7) is 5.24. The lowest BCUT2D eigenvalue weighted by Crippen LogP contribution is -2.27. The minimum absolute atomic E-state index is 0.0836. The summed E-state index contributed by atoms with van der Waals surface area (Å²) in [5, 5.41) is 11.2. The fourth-order valence-corrected chi connectivity index (χ4v) is 2.60. The highest BCUT2D eigenvalue weighted by atomic mass is 16.1. The van der Waals surface area contributed by atoms with Crippen LogP contribution in [0.25, 0.3) is 11.3 Å². The van der Waals surface area contributed by atoms with E-state index in [1.807, 2.05) is 37.4 Å². The number of nitrogens with zero attached hydrogens (tertiary/aromatic N) is 4. The highest BCUT2D eigenvalue weighted by Crippen LogP contribution is 2.16. The van der Waals surface area contributed by atoms with Crippen LogP contribution in [0.3, 0.4) is 0 Å². The van der Waals surface area contributed by atoms with Crippen LogP contribution >= 0.6 is 0 Å². The van der Waals surface area contributed by atoms with Crippen molar-refractivity contribution in [1.29, 1.82) is 0 Å². The molecular weight excluding hydrogens is 314 g/mol. The topological polar surface area (TPSA) is 72.7 Å². The maximum absolute atomic E-state index is 12.3. The molecule has 2 heterocycles. The van der Waals surface area contributed by atoms with Gasteiger partial charge in [-0.2, -0.15) is 10.2 Å². The molecule has 128 valence electrons. The maximum Gasteiger partial charge on any atom is 0.251 e. The first kappa shape index (κ1) is 16.8. The van der Waals surface area contributed by atoms with E-state index in [-0.39, 0.29) is 5.91 Å². The van der Waals surface area contributed by atoms with E-state index in [1.165, 1.54) is 0 Å². The van der Waals surface area contributed by atoms with Crippen LogP contribution < -0.4 is 5.32 Å². The molecule has 0 atom stereocenters. The molecule has 0 aliphatic carbocycles. The minimum Gasteiger partial charge on any atom is -0.350 e. The van der Waals surface area contributed by atoms with Crippen molar-refractivity contribution < 1.29 is 4.79 Å². The van der Waals surface area contributed by atoms with Gasteiger partial charge in [0, 0.05) is 43.0 Å².